The number of rotatable bonds is 1. The van der Waals surface area contributed by atoms with Crippen LogP contribution in [0.25, 0.3) is 32.9 Å². The molecular weight excluding hydrogens is 234 g/mol. The van der Waals surface area contributed by atoms with Crippen molar-refractivity contribution in [2.45, 2.75) is 0 Å². The monoisotopic (exact) mass is 245 g/mol. The van der Waals surface area contributed by atoms with E-state index in [1.807, 2.05) is 43.0 Å². The number of benzene rings is 1. The molecule has 3 heterocycles. The van der Waals surface area contributed by atoms with E-state index < -0.39 is 0 Å². The summed E-state index contributed by atoms with van der Waals surface area (Å²) in [5.74, 6) is 0. The highest BCUT2D eigenvalue weighted by atomic mass is 14.7. The zero-order valence-corrected chi connectivity index (χ0v) is 10.2. The van der Waals surface area contributed by atoms with Gasteiger partial charge < -0.3 is 4.98 Å². The molecule has 4 rings (SSSR count). The van der Waals surface area contributed by atoms with Crippen LogP contribution in [0.1, 0.15) is 0 Å². The Kier molecular flexibility index (Phi) is 2.12. The standard InChI is InChI=1S/C16H11N3/c1-2-13-10-18-8-5-14(13)16-12(1)9-15(19-16)11-3-6-17-7-4-11/h1-10,19H. The van der Waals surface area contributed by atoms with Crippen LogP contribution in [0.2, 0.25) is 0 Å². The quantitative estimate of drug-likeness (QED) is 0.554. The highest BCUT2D eigenvalue weighted by molar-refractivity contribution is 6.06. The molecule has 4 aromatic rings. The molecule has 0 saturated carbocycles. The largest absolute Gasteiger partial charge is 0.354 e. The predicted octanol–water partition coefficient (Wildman–Crippen LogP) is 3.78. The topological polar surface area (TPSA) is 41.6 Å². The summed E-state index contributed by atoms with van der Waals surface area (Å²) >= 11 is 0. The summed E-state index contributed by atoms with van der Waals surface area (Å²) in [7, 11) is 0. The van der Waals surface area contributed by atoms with Gasteiger partial charge in [-0.05, 0) is 24.3 Å². The molecule has 0 atom stereocenters. The van der Waals surface area contributed by atoms with Gasteiger partial charge in [-0.1, -0.05) is 12.1 Å². The number of hydrogen-bond acceptors (Lipinski definition) is 2. The molecule has 3 nitrogen and oxygen atoms in total. The number of nitrogens with one attached hydrogen (secondary N) is 1. The minimum Gasteiger partial charge on any atom is -0.354 e. The second-order valence-corrected chi connectivity index (χ2v) is 4.55. The van der Waals surface area contributed by atoms with E-state index in [-0.39, 0.29) is 0 Å². The van der Waals surface area contributed by atoms with Gasteiger partial charge in [0.1, 0.15) is 0 Å². The maximum atomic E-state index is 4.16. The molecule has 0 bridgehead atoms. The van der Waals surface area contributed by atoms with E-state index >= 15 is 0 Å². The van der Waals surface area contributed by atoms with Crippen LogP contribution in [0.3, 0.4) is 0 Å². The number of aromatic nitrogens is 3. The third kappa shape index (κ3) is 1.59. The van der Waals surface area contributed by atoms with Gasteiger partial charge >= 0.3 is 0 Å². The fourth-order valence-corrected chi connectivity index (χ4v) is 2.46. The minimum absolute atomic E-state index is 1.11. The molecule has 0 aliphatic carbocycles. The number of H-pyrrole nitrogens is 1. The first kappa shape index (κ1) is 10.3. The summed E-state index contributed by atoms with van der Waals surface area (Å²) in [6.45, 7) is 0. The molecular formula is C16H11N3. The molecule has 0 unspecified atom stereocenters. The van der Waals surface area contributed by atoms with Gasteiger partial charge in [-0.2, -0.15) is 0 Å². The van der Waals surface area contributed by atoms with Crippen LogP contribution in [0.15, 0.2) is 61.2 Å². The second-order valence-electron chi connectivity index (χ2n) is 4.55. The van der Waals surface area contributed by atoms with E-state index in [0.29, 0.717) is 0 Å². The molecule has 19 heavy (non-hydrogen) atoms. The van der Waals surface area contributed by atoms with Crippen molar-refractivity contribution >= 4 is 21.7 Å². The fraction of sp³-hybridized carbons (Fsp3) is 0. The molecule has 1 aromatic carbocycles. The number of nitrogens with zero attached hydrogens (tertiary/aromatic N) is 2. The van der Waals surface area contributed by atoms with Crippen LogP contribution in [-0.4, -0.2) is 15.0 Å². The third-order valence-corrected chi connectivity index (χ3v) is 3.40. The van der Waals surface area contributed by atoms with E-state index in [9.17, 15) is 0 Å². The van der Waals surface area contributed by atoms with Crippen LogP contribution in [0, 0.1) is 0 Å². The van der Waals surface area contributed by atoms with Crippen molar-refractivity contribution in [1.29, 1.82) is 0 Å². The zero-order valence-electron chi connectivity index (χ0n) is 10.2. The highest BCUT2D eigenvalue weighted by Crippen LogP contribution is 2.28. The van der Waals surface area contributed by atoms with E-state index in [1.165, 1.54) is 10.8 Å². The molecule has 1 N–H and O–H groups in total. The van der Waals surface area contributed by atoms with Gasteiger partial charge in [0.15, 0.2) is 0 Å². The van der Waals surface area contributed by atoms with Gasteiger partial charge in [0.05, 0.1) is 5.52 Å². The molecule has 0 saturated heterocycles. The van der Waals surface area contributed by atoms with Crippen molar-refractivity contribution in [2.24, 2.45) is 0 Å². The molecule has 0 fully saturated rings. The van der Waals surface area contributed by atoms with Crippen molar-refractivity contribution in [3.63, 3.8) is 0 Å². The molecule has 90 valence electrons. The van der Waals surface area contributed by atoms with Crippen LogP contribution in [0.4, 0.5) is 0 Å². The Balaban J connectivity index is 2.04. The summed E-state index contributed by atoms with van der Waals surface area (Å²) in [6.07, 6.45) is 7.34. The van der Waals surface area contributed by atoms with E-state index in [2.05, 4.69) is 33.2 Å². The summed E-state index contributed by atoms with van der Waals surface area (Å²) in [6, 6.07) is 12.5. The second kappa shape index (κ2) is 3.92. The zero-order chi connectivity index (χ0) is 12.7. The number of hydrogen-bond donors (Lipinski definition) is 1. The maximum absolute atomic E-state index is 4.16. The van der Waals surface area contributed by atoms with Crippen LogP contribution < -0.4 is 0 Å². The maximum Gasteiger partial charge on any atom is 0.0539 e. The third-order valence-electron chi connectivity index (χ3n) is 3.40. The van der Waals surface area contributed by atoms with Crippen molar-refractivity contribution in [1.82, 2.24) is 15.0 Å². The summed E-state index contributed by atoms with van der Waals surface area (Å²) in [5, 5.41) is 3.57. The Morgan fingerprint density at radius 2 is 1.58 bits per heavy atom. The molecule has 0 aliphatic heterocycles. The van der Waals surface area contributed by atoms with E-state index in [1.54, 1.807) is 0 Å². The van der Waals surface area contributed by atoms with Crippen molar-refractivity contribution in [3.05, 3.63) is 61.2 Å². The average molecular weight is 245 g/mol. The minimum atomic E-state index is 1.11. The van der Waals surface area contributed by atoms with Crippen molar-refractivity contribution in [3.8, 4) is 11.3 Å². The Morgan fingerprint density at radius 3 is 2.47 bits per heavy atom. The summed E-state index contributed by atoms with van der Waals surface area (Å²) in [4.78, 5) is 11.7. The molecule has 3 aromatic heterocycles. The van der Waals surface area contributed by atoms with E-state index in [0.717, 1.165) is 22.2 Å². The fourth-order valence-electron chi connectivity index (χ4n) is 2.46. The number of fused-ring (bicyclic) bond motifs is 3. The van der Waals surface area contributed by atoms with E-state index in [4.69, 9.17) is 0 Å². The summed E-state index contributed by atoms with van der Waals surface area (Å²) < 4.78 is 0. The highest BCUT2D eigenvalue weighted by Gasteiger charge is 2.06. The first-order valence-corrected chi connectivity index (χ1v) is 6.18. The summed E-state index contributed by atoms with van der Waals surface area (Å²) in [5.41, 5.74) is 3.42. The van der Waals surface area contributed by atoms with Crippen molar-refractivity contribution in [2.75, 3.05) is 0 Å². The smallest absolute Gasteiger partial charge is 0.0539 e. The Morgan fingerprint density at radius 1 is 0.789 bits per heavy atom. The van der Waals surface area contributed by atoms with Gasteiger partial charge in [0.25, 0.3) is 0 Å². The van der Waals surface area contributed by atoms with Crippen LogP contribution in [-0.2, 0) is 0 Å². The lowest BCUT2D eigenvalue weighted by Gasteiger charge is -1.98. The SMILES string of the molecule is c1cc(-c2cc3ccc4cnccc4c3[nH]2)ccn1. The average Bonchev–Trinajstić information content (AvgIpc) is 2.93. The lowest BCUT2D eigenvalue weighted by atomic mass is 10.1. The normalized spacial score (nSPS) is 11.2. The van der Waals surface area contributed by atoms with Gasteiger partial charge in [0.2, 0.25) is 0 Å². The van der Waals surface area contributed by atoms with Crippen LogP contribution in [0.5, 0.6) is 0 Å². The number of pyridine rings is 2. The molecule has 3 heteroatoms. The van der Waals surface area contributed by atoms with Crippen LogP contribution >= 0.6 is 0 Å². The molecule has 0 radical (unpaired) electrons. The van der Waals surface area contributed by atoms with Gasteiger partial charge in [-0.3, -0.25) is 9.97 Å². The molecule has 0 spiro atoms. The van der Waals surface area contributed by atoms with Gasteiger partial charge in [-0.25, -0.2) is 0 Å². The lowest BCUT2D eigenvalue weighted by molar-refractivity contribution is 1.32. The van der Waals surface area contributed by atoms with Gasteiger partial charge in [-0.15, -0.1) is 0 Å². The number of aromatic amines is 1. The lowest BCUT2D eigenvalue weighted by Crippen LogP contribution is -1.79. The first-order valence-electron chi connectivity index (χ1n) is 6.18. The Hall–Kier alpha value is -2.68. The molecule has 0 amide bonds. The van der Waals surface area contributed by atoms with Gasteiger partial charge in [0, 0.05) is 52.2 Å². The Bertz CT molecular complexity index is 863. The Labute approximate surface area is 110 Å². The van der Waals surface area contributed by atoms with Crippen molar-refractivity contribution < 1.29 is 0 Å². The predicted molar refractivity (Wildman–Crippen MR) is 76.8 cm³/mol. The first-order chi connectivity index (χ1) is 9.42. The molecule has 0 aliphatic rings.